The van der Waals surface area contributed by atoms with Gasteiger partial charge < -0.3 is 10.3 Å². The quantitative estimate of drug-likeness (QED) is 0.487. The molecule has 0 aliphatic carbocycles. The van der Waals surface area contributed by atoms with Crippen molar-refractivity contribution in [2.45, 2.75) is 13.8 Å². The molecule has 1 heterocycles. The number of nitro benzene ring substituents is 1. The van der Waals surface area contributed by atoms with Crippen molar-refractivity contribution in [1.82, 2.24) is 9.55 Å². The number of hydrogen-bond acceptors (Lipinski definition) is 4. The fourth-order valence-electron chi connectivity index (χ4n) is 1.82. The molecule has 0 atom stereocenters. The first-order valence-electron chi connectivity index (χ1n) is 5.04. The van der Waals surface area contributed by atoms with E-state index in [0.717, 1.165) is 11.3 Å². The van der Waals surface area contributed by atoms with Gasteiger partial charge in [-0.15, -0.1) is 0 Å². The van der Waals surface area contributed by atoms with Crippen LogP contribution in [0.3, 0.4) is 0 Å². The number of nitrogen functional groups attached to an aromatic ring is 1. The summed E-state index contributed by atoms with van der Waals surface area (Å²) in [5.74, 6) is 0. The molecule has 1 aromatic heterocycles. The van der Waals surface area contributed by atoms with Crippen LogP contribution in [-0.2, 0) is 0 Å². The number of aromatic nitrogens is 2. The van der Waals surface area contributed by atoms with Crippen molar-refractivity contribution in [2.24, 2.45) is 0 Å². The average molecular weight is 232 g/mol. The third-order valence-electron chi connectivity index (χ3n) is 2.83. The second kappa shape index (κ2) is 3.89. The molecule has 0 saturated carbocycles. The molecule has 0 unspecified atom stereocenters. The largest absolute Gasteiger partial charge is 0.393 e. The van der Waals surface area contributed by atoms with Gasteiger partial charge in [-0.3, -0.25) is 10.1 Å². The van der Waals surface area contributed by atoms with E-state index in [4.69, 9.17) is 5.73 Å². The highest BCUT2D eigenvalue weighted by Gasteiger charge is 2.20. The molecular formula is C11H12N4O2. The normalized spacial score (nSPS) is 10.5. The summed E-state index contributed by atoms with van der Waals surface area (Å²) >= 11 is 0. The van der Waals surface area contributed by atoms with Crippen LogP contribution in [0.2, 0.25) is 0 Å². The van der Waals surface area contributed by atoms with Gasteiger partial charge in [0.15, 0.2) is 0 Å². The van der Waals surface area contributed by atoms with Gasteiger partial charge in [0.1, 0.15) is 5.69 Å². The highest BCUT2D eigenvalue weighted by Crippen LogP contribution is 2.32. The van der Waals surface area contributed by atoms with Gasteiger partial charge in [-0.25, -0.2) is 4.98 Å². The van der Waals surface area contributed by atoms with Crippen molar-refractivity contribution in [2.75, 3.05) is 5.73 Å². The van der Waals surface area contributed by atoms with Gasteiger partial charge in [0, 0.05) is 18.0 Å². The molecule has 2 rings (SSSR count). The minimum Gasteiger partial charge on any atom is -0.393 e. The van der Waals surface area contributed by atoms with E-state index in [2.05, 4.69) is 4.98 Å². The summed E-state index contributed by atoms with van der Waals surface area (Å²) in [6.07, 6.45) is 5.05. The summed E-state index contributed by atoms with van der Waals surface area (Å²) in [5.41, 5.74) is 8.08. The summed E-state index contributed by atoms with van der Waals surface area (Å²) in [6, 6.07) is 1.60. The van der Waals surface area contributed by atoms with Gasteiger partial charge in [-0.1, -0.05) is 0 Å². The lowest BCUT2D eigenvalue weighted by molar-refractivity contribution is -0.384. The SMILES string of the molecule is Cc1c(-n2ccnc2)cc(N)c([N+](=O)[O-])c1C. The number of imidazole rings is 1. The Balaban J connectivity index is 2.70. The molecule has 0 bridgehead atoms. The number of benzene rings is 1. The van der Waals surface area contributed by atoms with Crippen LogP contribution >= 0.6 is 0 Å². The lowest BCUT2D eigenvalue weighted by atomic mass is 10.0. The van der Waals surface area contributed by atoms with E-state index >= 15 is 0 Å². The third-order valence-corrected chi connectivity index (χ3v) is 2.83. The second-order valence-electron chi connectivity index (χ2n) is 3.81. The Morgan fingerprint density at radius 2 is 2.12 bits per heavy atom. The zero-order valence-corrected chi connectivity index (χ0v) is 9.54. The van der Waals surface area contributed by atoms with Gasteiger partial charge in [0.2, 0.25) is 0 Å². The number of nitrogens with zero attached hydrogens (tertiary/aromatic N) is 3. The molecule has 1 aromatic carbocycles. The monoisotopic (exact) mass is 232 g/mol. The van der Waals surface area contributed by atoms with Crippen molar-refractivity contribution in [3.05, 3.63) is 46.0 Å². The van der Waals surface area contributed by atoms with Crippen LogP contribution in [0, 0.1) is 24.0 Å². The Hall–Kier alpha value is -2.37. The molecule has 0 amide bonds. The molecular weight excluding hydrogens is 220 g/mol. The first kappa shape index (κ1) is 11.1. The van der Waals surface area contributed by atoms with E-state index in [0.29, 0.717) is 5.56 Å². The number of nitro groups is 1. The van der Waals surface area contributed by atoms with E-state index < -0.39 is 4.92 Å². The Kier molecular flexibility index (Phi) is 2.55. The maximum absolute atomic E-state index is 10.9. The maximum atomic E-state index is 10.9. The van der Waals surface area contributed by atoms with Gasteiger partial charge >= 0.3 is 0 Å². The number of nitrogens with two attached hydrogens (primary N) is 1. The van der Waals surface area contributed by atoms with Crippen LogP contribution in [0.4, 0.5) is 11.4 Å². The van der Waals surface area contributed by atoms with Crippen molar-refractivity contribution in [1.29, 1.82) is 0 Å². The molecule has 0 saturated heterocycles. The zero-order chi connectivity index (χ0) is 12.6. The van der Waals surface area contributed by atoms with Gasteiger partial charge in [0.25, 0.3) is 5.69 Å². The van der Waals surface area contributed by atoms with Gasteiger partial charge in [-0.05, 0) is 25.5 Å². The summed E-state index contributed by atoms with van der Waals surface area (Å²) in [4.78, 5) is 14.4. The summed E-state index contributed by atoms with van der Waals surface area (Å²) in [5, 5.41) is 10.9. The number of hydrogen-bond donors (Lipinski definition) is 1. The highest BCUT2D eigenvalue weighted by molar-refractivity contribution is 5.69. The molecule has 0 aliphatic heterocycles. The number of anilines is 1. The molecule has 0 aliphatic rings. The lowest BCUT2D eigenvalue weighted by Crippen LogP contribution is -2.04. The summed E-state index contributed by atoms with van der Waals surface area (Å²) in [6.45, 7) is 3.53. The number of rotatable bonds is 2. The van der Waals surface area contributed by atoms with E-state index in [-0.39, 0.29) is 11.4 Å². The Morgan fingerprint density at radius 3 is 2.65 bits per heavy atom. The van der Waals surface area contributed by atoms with Crippen molar-refractivity contribution < 1.29 is 4.92 Å². The third kappa shape index (κ3) is 1.73. The Bertz CT molecular complexity index is 576. The molecule has 0 fully saturated rings. The minimum atomic E-state index is -0.449. The van der Waals surface area contributed by atoms with Crippen LogP contribution in [0.25, 0.3) is 5.69 Å². The zero-order valence-electron chi connectivity index (χ0n) is 9.54. The molecule has 0 spiro atoms. The summed E-state index contributed by atoms with van der Waals surface area (Å²) in [7, 11) is 0. The molecule has 17 heavy (non-hydrogen) atoms. The highest BCUT2D eigenvalue weighted by atomic mass is 16.6. The molecule has 6 heteroatoms. The lowest BCUT2D eigenvalue weighted by Gasteiger charge is -2.11. The van der Waals surface area contributed by atoms with Crippen molar-refractivity contribution >= 4 is 11.4 Å². The fourth-order valence-corrected chi connectivity index (χ4v) is 1.82. The van der Waals surface area contributed by atoms with Gasteiger partial charge in [-0.2, -0.15) is 0 Å². The van der Waals surface area contributed by atoms with Crippen molar-refractivity contribution in [3.63, 3.8) is 0 Å². The summed E-state index contributed by atoms with van der Waals surface area (Å²) < 4.78 is 1.78. The van der Waals surface area contributed by atoms with Crippen LogP contribution in [0.5, 0.6) is 0 Å². The second-order valence-corrected chi connectivity index (χ2v) is 3.81. The topological polar surface area (TPSA) is 87.0 Å². The standard InChI is InChI=1S/C11H12N4O2/c1-7-8(2)11(15(16)17)9(12)5-10(7)14-4-3-13-6-14/h3-6H,12H2,1-2H3. The maximum Gasteiger partial charge on any atom is 0.295 e. The first-order valence-corrected chi connectivity index (χ1v) is 5.04. The predicted molar refractivity (Wildman–Crippen MR) is 64.1 cm³/mol. The van der Waals surface area contributed by atoms with Gasteiger partial charge in [0.05, 0.1) is 16.9 Å². The van der Waals surface area contributed by atoms with Crippen LogP contribution in [0.1, 0.15) is 11.1 Å². The van der Waals surface area contributed by atoms with Crippen molar-refractivity contribution in [3.8, 4) is 5.69 Å². The van der Waals surface area contributed by atoms with E-state index in [1.807, 2.05) is 6.92 Å². The van der Waals surface area contributed by atoms with E-state index in [1.165, 1.54) is 0 Å². The van der Waals surface area contributed by atoms with Crippen LogP contribution in [0.15, 0.2) is 24.8 Å². The first-order chi connectivity index (χ1) is 8.02. The molecule has 2 N–H and O–H groups in total. The Labute approximate surface area is 97.9 Å². The molecule has 6 nitrogen and oxygen atoms in total. The fraction of sp³-hybridized carbons (Fsp3) is 0.182. The smallest absolute Gasteiger partial charge is 0.295 e. The Morgan fingerprint density at radius 1 is 1.41 bits per heavy atom. The van der Waals surface area contributed by atoms with Crippen LogP contribution in [-0.4, -0.2) is 14.5 Å². The predicted octanol–water partition coefficient (Wildman–Crippen LogP) is 1.98. The molecule has 88 valence electrons. The average Bonchev–Trinajstić information content (AvgIpc) is 2.76. The van der Waals surface area contributed by atoms with E-state index in [1.54, 1.807) is 36.3 Å². The molecule has 2 aromatic rings. The van der Waals surface area contributed by atoms with E-state index in [9.17, 15) is 10.1 Å². The van der Waals surface area contributed by atoms with Crippen LogP contribution < -0.4 is 5.73 Å². The minimum absolute atomic E-state index is 0.0219. The molecule has 0 radical (unpaired) electrons.